The normalized spacial score (nSPS) is 13.6. The number of carbonyl (C=O) groups excluding carboxylic acids is 1. The maximum Gasteiger partial charge on any atom is 0.341 e. The second kappa shape index (κ2) is 5.78. The van der Waals surface area contributed by atoms with Crippen LogP contribution >= 0.6 is 0 Å². The molecule has 1 aromatic carbocycles. The van der Waals surface area contributed by atoms with Gasteiger partial charge in [0.2, 0.25) is 0 Å². The van der Waals surface area contributed by atoms with Crippen LogP contribution in [0, 0.1) is 12.3 Å². The molecule has 1 aliphatic heterocycles. The standard InChI is InChI=1S/C14H14N2O2/c1-2-10-18-14(17)12-6-3-4-7-13(12)16-9-5-8-15-11-16/h1,3-8,15H,9-11H2. The van der Waals surface area contributed by atoms with Crippen molar-refractivity contribution < 1.29 is 9.53 Å². The van der Waals surface area contributed by atoms with E-state index in [1.165, 1.54) is 0 Å². The summed E-state index contributed by atoms with van der Waals surface area (Å²) >= 11 is 0. The van der Waals surface area contributed by atoms with Crippen LogP contribution in [0.5, 0.6) is 0 Å². The SMILES string of the molecule is C#CCOC(=O)c1ccccc1N1CC=CNC1. The van der Waals surface area contributed by atoms with Crippen LogP contribution in [0.3, 0.4) is 0 Å². The summed E-state index contributed by atoms with van der Waals surface area (Å²) in [5, 5.41) is 3.10. The van der Waals surface area contributed by atoms with Crippen LogP contribution < -0.4 is 10.2 Å². The predicted octanol–water partition coefficient (Wildman–Crippen LogP) is 1.36. The van der Waals surface area contributed by atoms with E-state index in [0.29, 0.717) is 12.2 Å². The average molecular weight is 242 g/mol. The summed E-state index contributed by atoms with van der Waals surface area (Å²) in [6.07, 6.45) is 8.97. The summed E-state index contributed by atoms with van der Waals surface area (Å²) in [5.74, 6) is 1.90. The van der Waals surface area contributed by atoms with Gasteiger partial charge in [0.15, 0.2) is 6.61 Å². The lowest BCUT2D eigenvalue weighted by molar-refractivity contribution is 0.0557. The Morgan fingerprint density at radius 2 is 2.33 bits per heavy atom. The highest BCUT2D eigenvalue weighted by molar-refractivity contribution is 5.96. The highest BCUT2D eigenvalue weighted by Gasteiger charge is 2.17. The van der Waals surface area contributed by atoms with Gasteiger partial charge in [0.25, 0.3) is 0 Å². The van der Waals surface area contributed by atoms with Crippen LogP contribution in [0.1, 0.15) is 10.4 Å². The number of hydrogen-bond acceptors (Lipinski definition) is 4. The van der Waals surface area contributed by atoms with E-state index in [4.69, 9.17) is 11.2 Å². The fourth-order valence-corrected chi connectivity index (χ4v) is 1.78. The molecule has 0 aromatic heterocycles. The second-order valence-corrected chi connectivity index (χ2v) is 3.78. The minimum absolute atomic E-state index is 0.00861. The average Bonchev–Trinajstić information content (AvgIpc) is 2.45. The molecule has 1 heterocycles. The molecule has 0 radical (unpaired) electrons. The third-order valence-electron chi connectivity index (χ3n) is 2.59. The first-order chi connectivity index (χ1) is 8.83. The number of rotatable bonds is 3. The van der Waals surface area contributed by atoms with E-state index < -0.39 is 5.97 Å². The fourth-order valence-electron chi connectivity index (χ4n) is 1.78. The summed E-state index contributed by atoms with van der Waals surface area (Å²) in [4.78, 5) is 13.9. The fraction of sp³-hybridized carbons (Fsp3) is 0.214. The molecule has 18 heavy (non-hydrogen) atoms. The van der Waals surface area contributed by atoms with Crippen molar-refractivity contribution in [2.75, 3.05) is 24.7 Å². The van der Waals surface area contributed by atoms with Gasteiger partial charge in [0.05, 0.1) is 17.9 Å². The van der Waals surface area contributed by atoms with Crippen molar-refractivity contribution in [3.8, 4) is 12.3 Å². The molecule has 4 heteroatoms. The minimum atomic E-state index is -0.391. The van der Waals surface area contributed by atoms with Crippen molar-refractivity contribution >= 4 is 11.7 Å². The van der Waals surface area contributed by atoms with Crippen molar-refractivity contribution in [3.63, 3.8) is 0 Å². The van der Waals surface area contributed by atoms with Crippen LogP contribution in [-0.4, -0.2) is 25.8 Å². The van der Waals surface area contributed by atoms with E-state index >= 15 is 0 Å². The Kier molecular flexibility index (Phi) is 3.87. The van der Waals surface area contributed by atoms with Crippen LogP contribution in [0.4, 0.5) is 5.69 Å². The van der Waals surface area contributed by atoms with E-state index in [0.717, 1.165) is 12.2 Å². The first-order valence-corrected chi connectivity index (χ1v) is 5.66. The van der Waals surface area contributed by atoms with Crippen molar-refractivity contribution in [2.24, 2.45) is 0 Å². The number of terminal acetylenes is 1. The van der Waals surface area contributed by atoms with Gasteiger partial charge in [-0.2, -0.15) is 0 Å². The number of ether oxygens (including phenoxy) is 1. The smallest absolute Gasteiger partial charge is 0.341 e. The molecule has 92 valence electrons. The number of anilines is 1. The molecule has 4 nitrogen and oxygen atoms in total. The number of carbonyl (C=O) groups is 1. The Labute approximate surface area is 106 Å². The van der Waals surface area contributed by atoms with E-state index in [2.05, 4.69) is 11.2 Å². The van der Waals surface area contributed by atoms with Crippen LogP contribution in [-0.2, 0) is 4.74 Å². The molecule has 0 spiro atoms. The van der Waals surface area contributed by atoms with Gasteiger partial charge in [0, 0.05) is 6.54 Å². The van der Waals surface area contributed by atoms with Gasteiger partial charge in [-0.1, -0.05) is 18.1 Å². The Balaban J connectivity index is 2.22. The van der Waals surface area contributed by atoms with Gasteiger partial charge >= 0.3 is 5.97 Å². The first kappa shape index (κ1) is 12.1. The van der Waals surface area contributed by atoms with Crippen LogP contribution in [0.25, 0.3) is 0 Å². The van der Waals surface area contributed by atoms with E-state index in [-0.39, 0.29) is 6.61 Å². The number of nitrogens with zero attached hydrogens (tertiary/aromatic N) is 1. The molecule has 0 fully saturated rings. The topological polar surface area (TPSA) is 41.6 Å². The molecule has 0 amide bonds. The molecule has 1 aliphatic rings. The van der Waals surface area contributed by atoms with Gasteiger partial charge < -0.3 is 15.0 Å². The highest BCUT2D eigenvalue weighted by Crippen LogP contribution is 2.21. The molecule has 2 rings (SSSR count). The molecule has 0 saturated heterocycles. The lowest BCUT2D eigenvalue weighted by Crippen LogP contribution is -2.36. The Hall–Kier alpha value is -2.41. The van der Waals surface area contributed by atoms with Crippen molar-refractivity contribution in [1.82, 2.24) is 5.32 Å². The van der Waals surface area contributed by atoms with Crippen LogP contribution in [0.15, 0.2) is 36.5 Å². The summed E-state index contributed by atoms with van der Waals surface area (Å²) in [5.41, 5.74) is 1.38. The zero-order valence-electron chi connectivity index (χ0n) is 9.93. The van der Waals surface area contributed by atoms with Gasteiger partial charge in [0.1, 0.15) is 0 Å². The highest BCUT2D eigenvalue weighted by atomic mass is 16.5. The number of benzene rings is 1. The Morgan fingerprint density at radius 1 is 1.50 bits per heavy atom. The summed E-state index contributed by atoms with van der Waals surface area (Å²) in [6.45, 7) is 1.41. The third-order valence-corrected chi connectivity index (χ3v) is 2.59. The molecular formula is C14H14N2O2. The van der Waals surface area contributed by atoms with Gasteiger partial charge in [-0.3, -0.25) is 0 Å². The molecule has 0 aliphatic carbocycles. The van der Waals surface area contributed by atoms with Crippen LogP contribution in [0.2, 0.25) is 0 Å². The lowest BCUT2D eigenvalue weighted by Gasteiger charge is -2.27. The monoisotopic (exact) mass is 242 g/mol. The summed E-state index contributed by atoms with van der Waals surface area (Å²) in [7, 11) is 0. The van der Waals surface area contributed by atoms with E-state index in [1.807, 2.05) is 35.4 Å². The predicted molar refractivity (Wildman–Crippen MR) is 70.0 cm³/mol. The molecule has 0 unspecified atom stereocenters. The number of hydrogen-bond donors (Lipinski definition) is 1. The van der Waals surface area contributed by atoms with Gasteiger partial charge in [-0.15, -0.1) is 6.42 Å². The quantitative estimate of drug-likeness (QED) is 0.642. The number of esters is 1. The van der Waals surface area contributed by atoms with Gasteiger partial charge in [-0.05, 0) is 24.4 Å². The number of nitrogens with one attached hydrogen (secondary N) is 1. The summed E-state index contributed by atoms with van der Waals surface area (Å²) < 4.78 is 4.97. The summed E-state index contributed by atoms with van der Waals surface area (Å²) in [6, 6.07) is 7.34. The molecular weight excluding hydrogens is 228 g/mol. The molecule has 0 bridgehead atoms. The maximum atomic E-state index is 11.9. The first-order valence-electron chi connectivity index (χ1n) is 5.66. The molecule has 0 atom stereocenters. The van der Waals surface area contributed by atoms with Crippen molar-refractivity contribution in [2.45, 2.75) is 0 Å². The van der Waals surface area contributed by atoms with E-state index in [1.54, 1.807) is 6.07 Å². The Bertz CT molecular complexity index is 503. The zero-order valence-corrected chi connectivity index (χ0v) is 9.93. The number of para-hydroxylation sites is 1. The maximum absolute atomic E-state index is 11.9. The molecule has 0 saturated carbocycles. The second-order valence-electron chi connectivity index (χ2n) is 3.78. The lowest BCUT2D eigenvalue weighted by atomic mass is 10.1. The Morgan fingerprint density at radius 3 is 3.06 bits per heavy atom. The third kappa shape index (κ3) is 2.64. The van der Waals surface area contributed by atoms with Gasteiger partial charge in [-0.25, -0.2) is 4.79 Å². The van der Waals surface area contributed by atoms with E-state index in [9.17, 15) is 4.79 Å². The van der Waals surface area contributed by atoms with Crippen molar-refractivity contribution in [3.05, 3.63) is 42.1 Å². The molecule has 1 N–H and O–H groups in total. The minimum Gasteiger partial charge on any atom is -0.449 e. The largest absolute Gasteiger partial charge is 0.449 e. The molecule has 1 aromatic rings. The van der Waals surface area contributed by atoms with Crippen molar-refractivity contribution in [1.29, 1.82) is 0 Å². The zero-order chi connectivity index (χ0) is 12.8.